The van der Waals surface area contributed by atoms with Gasteiger partial charge in [-0.3, -0.25) is 0 Å². The fourth-order valence-electron chi connectivity index (χ4n) is 4.17. The van der Waals surface area contributed by atoms with Crippen LogP contribution in [0.15, 0.2) is 0 Å². The Morgan fingerprint density at radius 3 is 1.04 bits per heavy atom. The van der Waals surface area contributed by atoms with Gasteiger partial charge in [-0.25, -0.2) is 16.8 Å². The van der Waals surface area contributed by atoms with Gasteiger partial charge in [0.05, 0.1) is 20.2 Å². The van der Waals surface area contributed by atoms with E-state index in [0.717, 1.165) is 12.8 Å². The van der Waals surface area contributed by atoms with Crippen molar-refractivity contribution in [3.8, 4) is 0 Å². The molecule has 48 heavy (non-hydrogen) atoms. The topological polar surface area (TPSA) is 151 Å². The first-order valence-electron chi connectivity index (χ1n) is 16.8. The molecule has 0 saturated heterocycles. The minimum absolute atomic E-state index is 0. The van der Waals surface area contributed by atoms with E-state index >= 15 is 0 Å². The summed E-state index contributed by atoms with van der Waals surface area (Å²) in [6.07, 6.45) is 20.0. The molecule has 0 bridgehead atoms. The summed E-state index contributed by atoms with van der Waals surface area (Å²) in [5.41, 5.74) is 0. The van der Waals surface area contributed by atoms with Crippen LogP contribution < -0.4 is 59.1 Å². The summed E-state index contributed by atoms with van der Waals surface area (Å²) in [6.45, 7) is 14.7. The van der Waals surface area contributed by atoms with E-state index in [2.05, 4.69) is 27.7 Å². The minimum atomic E-state index is -4.14. The van der Waals surface area contributed by atoms with Gasteiger partial charge >= 0.3 is 59.1 Å². The third-order valence-electron chi connectivity index (χ3n) is 6.68. The Bertz CT molecular complexity index is 751. The van der Waals surface area contributed by atoms with Gasteiger partial charge in [-0.1, -0.05) is 104 Å². The molecule has 0 aromatic rings. The van der Waals surface area contributed by atoms with Crippen LogP contribution in [0.5, 0.6) is 0 Å². The summed E-state index contributed by atoms with van der Waals surface area (Å²) >= 11 is 0. The molecule has 0 fully saturated rings. The van der Waals surface area contributed by atoms with Gasteiger partial charge in [-0.2, -0.15) is 0 Å². The van der Waals surface area contributed by atoms with Crippen molar-refractivity contribution in [1.29, 1.82) is 0 Å². The van der Waals surface area contributed by atoms with E-state index in [0.29, 0.717) is 26.4 Å². The summed E-state index contributed by atoms with van der Waals surface area (Å²) in [5, 5.41) is 0. The summed E-state index contributed by atoms with van der Waals surface area (Å²) in [6, 6.07) is 0. The first-order valence-corrected chi connectivity index (χ1v) is 20.0. The van der Waals surface area contributed by atoms with E-state index in [1.165, 1.54) is 89.9 Å². The van der Waals surface area contributed by atoms with Crippen molar-refractivity contribution in [3.05, 3.63) is 13.8 Å². The van der Waals surface area contributed by atoms with Crippen LogP contribution in [-0.4, -0.2) is 97.7 Å². The third kappa shape index (κ3) is 60.9. The molecular weight excluding hydrogens is 754 g/mol. The van der Waals surface area contributed by atoms with Crippen molar-refractivity contribution >= 4 is 28.6 Å². The van der Waals surface area contributed by atoms with Crippen LogP contribution in [0.3, 0.4) is 0 Å². The Morgan fingerprint density at radius 1 is 0.500 bits per heavy atom. The Morgan fingerprint density at radius 2 is 0.771 bits per heavy atom. The predicted octanol–water partition coefficient (Wildman–Crippen LogP) is 0.221. The van der Waals surface area contributed by atoms with Crippen molar-refractivity contribution in [2.45, 2.75) is 142 Å². The molecule has 16 heteroatoms. The third-order valence-corrected chi connectivity index (χ3v) is 8.25. The Kier molecular flexibility index (Phi) is 60.2. The van der Waals surface area contributed by atoms with Gasteiger partial charge < -0.3 is 41.9 Å². The van der Waals surface area contributed by atoms with Gasteiger partial charge in [0.2, 0.25) is 0 Å². The van der Waals surface area contributed by atoms with Crippen LogP contribution in [0.4, 0.5) is 0 Å². The van der Waals surface area contributed by atoms with E-state index in [1.54, 1.807) is 0 Å². The average Bonchev–Trinajstić information content (AvgIpc) is 2.95. The van der Waals surface area contributed by atoms with Crippen molar-refractivity contribution in [1.82, 2.24) is 0 Å². The van der Waals surface area contributed by atoms with Gasteiger partial charge in [-0.15, -0.1) is 0 Å². The van der Waals surface area contributed by atoms with Gasteiger partial charge in [0.25, 0.3) is 0 Å². The van der Waals surface area contributed by atoms with Gasteiger partial charge in [0.15, 0.2) is 0 Å². The molecule has 0 saturated carbocycles. The van der Waals surface area contributed by atoms with Crippen molar-refractivity contribution in [2.75, 3.05) is 51.1 Å². The fourth-order valence-corrected chi connectivity index (χ4v) is 5.12. The number of ether oxygens (including phenoxy) is 4. The smallest absolute Gasteiger partial charge is 0.748 e. The molecule has 0 amide bonds. The van der Waals surface area contributed by atoms with Gasteiger partial charge in [-0.05, 0) is 37.9 Å². The number of hydrogen-bond donors (Lipinski definition) is 0. The maximum atomic E-state index is 10.4. The van der Waals surface area contributed by atoms with Crippen LogP contribution in [0, 0.1) is 13.8 Å². The summed E-state index contributed by atoms with van der Waals surface area (Å²) in [7, 11) is -8.28. The minimum Gasteiger partial charge on any atom is -0.748 e. The zero-order valence-electron chi connectivity index (χ0n) is 31.0. The molecule has 0 heterocycles. The zero-order valence-corrected chi connectivity index (χ0v) is 39.5. The van der Waals surface area contributed by atoms with Crippen LogP contribution in [0.25, 0.3) is 0 Å². The van der Waals surface area contributed by atoms with E-state index in [1.807, 2.05) is 0 Å². The van der Waals surface area contributed by atoms with E-state index in [9.17, 15) is 25.9 Å². The van der Waals surface area contributed by atoms with Crippen molar-refractivity contribution in [2.24, 2.45) is 0 Å². The van der Waals surface area contributed by atoms with Gasteiger partial charge in [0, 0.05) is 92.3 Å². The fraction of sp³-hybridized carbons (Fsp3) is 0.938. The quantitative estimate of drug-likeness (QED) is 0.0400. The average molecular weight is 819 g/mol. The molecule has 0 spiro atoms. The number of unbranched alkanes of at least 4 members (excludes halogenated alkanes) is 14. The Hall–Kier alpha value is 2.83. The molecule has 0 aromatic carbocycles. The van der Waals surface area contributed by atoms with Crippen molar-refractivity contribution in [3.63, 3.8) is 0 Å². The molecule has 274 valence electrons. The van der Waals surface area contributed by atoms with Crippen LogP contribution in [-0.2, 0) is 71.9 Å². The second kappa shape index (κ2) is 46.0. The first kappa shape index (κ1) is 62.8. The van der Waals surface area contributed by atoms with Crippen LogP contribution in [0.2, 0.25) is 0 Å². The Balaban J connectivity index is -0.000000170. The molecule has 10 nitrogen and oxygen atoms in total. The normalized spacial score (nSPS) is 12.3. The zero-order chi connectivity index (χ0) is 33.4. The molecular formula is C32H64BNa2O10S2Y-2. The first-order chi connectivity index (χ1) is 20.9. The van der Waals surface area contributed by atoms with E-state index in [-0.39, 0.29) is 139 Å². The molecule has 0 N–H and O–H groups in total. The summed E-state index contributed by atoms with van der Waals surface area (Å²) < 4.78 is 83.9. The van der Waals surface area contributed by atoms with Crippen molar-refractivity contribution < 1.29 is 137 Å². The van der Waals surface area contributed by atoms with Crippen LogP contribution in [0.1, 0.15) is 129 Å². The second-order valence-electron chi connectivity index (χ2n) is 11.3. The Labute approximate surface area is 367 Å². The summed E-state index contributed by atoms with van der Waals surface area (Å²) in [5.74, 6) is -0.780. The number of hydrogen-bond acceptors (Lipinski definition) is 10. The van der Waals surface area contributed by atoms with Gasteiger partial charge in [0.1, 0.15) is 0 Å². The maximum Gasteiger partial charge on any atom is 1.00 e. The monoisotopic (exact) mass is 818 g/mol. The molecule has 0 aliphatic rings. The molecule has 0 rings (SSSR count). The SMILES string of the molecule is [B].[CH2-]C(COCCCCCCCCCC)OCCCS(=O)(=O)[O-].[CH2-]C(COCCCCCCCCCC)OCCCS(=O)(=O)[O-].[Na+].[Na+].[Y]. The maximum absolute atomic E-state index is 10.4. The molecule has 0 aromatic heterocycles. The standard InChI is InChI=1S/2C16H33O5S.B.2Na.Y/c2*1-3-4-5-6-7-8-9-10-12-20-15-16(2)21-13-11-14-22(17,18)19;;;;/h2*16H,2-15H2,1H3,(H,17,18,19);;;;/q2*-1;;2*+1;/p-2. The van der Waals surface area contributed by atoms with E-state index in [4.69, 9.17) is 18.9 Å². The molecule has 4 radical (unpaired) electrons. The summed E-state index contributed by atoms with van der Waals surface area (Å²) in [4.78, 5) is 0. The molecule has 0 aliphatic heterocycles. The largest absolute Gasteiger partial charge is 1.00 e. The van der Waals surface area contributed by atoms with Crippen LogP contribution >= 0.6 is 0 Å². The predicted molar refractivity (Wildman–Crippen MR) is 181 cm³/mol. The number of rotatable bonds is 32. The second-order valence-corrected chi connectivity index (χ2v) is 14.4. The molecule has 0 aliphatic carbocycles. The van der Waals surface area contributed by atoms with E-state index < -0.39 is 31.7 Å². The molecule has 2 atom stereocenters. The molecule has 2 unspecified atom stereocenters.